The molecule has 2 heteroatoms. The third-order valence-corrected chi connectivity index (χ3v) is 3.71. The van der Waals surface area contributed by atoms with E-state index < -0.39 is 0 Å². The molecule has 1 aliphatic heterocycles. The molecule has 1 heterocycles. The quantitative estimate of drug-likeness (QED) is 0.818. The first kappa shape index (κ1) is 11.3. The highest BCUT2D eigenvalue weighted by Crippen LogP contribution is 2.39. The summed E-state index contributed by atoms with van der Waals surface area (Å²) in [5.41, 5.74) is 10.5. The summed E-state index contributed by atoms with van der Waals surface area (Å²) < 4.78 is 5.49. The van der Waals surface area contributed by atoms with Gasteiger partial charge >= 0.3 is 0 Å². The van der Waals surface area contributed by atoms with E-state index >= 15 is 0 Å². The Hall–Kier alpha value is -1.80. The maximum Gasteiger partial charge on any atom is 0.0670 e. The molecule has 1 fully saturated rings. The molecule has 2 aromatic rings. The predicted molar refractivity (Wildman–Crippen MR) is 73.6 cm³/mol. The molecular weight excluding hydrogens is 222 g/mol. The molecule has 0 saturated carbocycles. The normalized spacial score (nSPS) is 17.2. The lowest BCUT2D eigenvalue weighted by atomic mass is 9.72. The summed E-state index contributed by atoms with van der Waals surface area (Å²) in [6, 6.07) is 16.8. The van der Waals surface area contributed by atoms with Gasteiger partial charge in [0.05, 0.1) is 18.6 Å². The van der Waals surface area contributed by atoms with Crippen LogP contribution in [0, 0.1) is 6.92 Å². The maximum atomic E-state index is 5.90. The van der Waals surface area contributed by atoms with Gasteiger partial charge in [-0.05, 0) is 30.2 Å². The second-order valence-corrected chi connectivity index (χ2v) is 5.07. The van der Waals surface area contributed by atoms with Crippen LogP contribution in [-0.2, 0) is 10.2 Å². The van der Waals surface area contributed by atoms with E-state index in [0.29, 0.717) is 0 Å². The van der Waals surface area contributed by atoms with Gasteiger partial charge < -0.3 is 10.5 Å². The summed E-state index contributed by atoms with van der Waals surface area (Å²) in [7, 11) is 0. The third kappa shape index (κ3) is 1.70. The second kappa shape index (κ2) is 4.14. The first-order valence-electron chi connectivity index (χ1n) is 6.22. The van der Waals surface area contributed by atoms with Crippen LogP contribution in [0.4, 0.5) is 5.69 Å². The topological polar surface area (TPSA) is 35.2 Å². The number of hydrogen-bond donors (Lipinski definition) is 1. The largest absolute Gasteiger partial charge is 0.399 e. The summed E-state index contributed by atoms with van der Waals surface area (Å²) in [5.74, 6) is 0. The number of ether oxygens (including phenoxy) is 1. The Labute approximate surface area is 107 Å². The van der Waals surface area contributed by atoms with Gasteiger partial charge in [0.25, 0.3) is 0 Å². The highest BCUT2D eigenvalue weighted by Gasteiger charge is 2.42. The molecule has 92 valence electrons. The molecule has 0 unspecified atom stereocenters. The van der Waals surface area contributed by atoms with Crippen molar-refractivity contribution in [1.82, 2.24) is 0 Å². The summed E-state index contributed by atoms with van der Waals surface area (Å²) in [5, 5.41) is 0. The van der Waals surface area contributed by atoms with Crippen LogP contribution in [0.15, 0.2) is 48.5 Å². The van der Waals surface area contributed by atoms with Crippen molar-refractivity contribution in [3.05, 3.63) is 65.2 Å². The Morgan fingerprint density at radius 2 is 1.67 bits per heavy atom. The molecule has 1 saturated heterocycles. The fourth-order valence-corrected chi connectivity index (χ4v) is 2.59. The Kier molecular flexibility index (Phi) is 2.60. The minimum Gasteiger partial charge on any atom is -0.399 e. The Balaban J connectivity index is 2.10. The third-order valence-electron chi connectivity index (χ3n) is 3.71. The SMILES string of the molecule is Cc1cccc(C2(c3cccc(N)c3)COC2)c1. The number of nitrogen functional groups attached to an aromatic ring is 1. The summed E-state index contributed by atoms with van der Waals surface area (Å²) in [6.45, 7) is 3.59. The molecule has 0 aliphatic carbocycles. The van der Waals surface area contributed by atoms with E-state index in [-0.39, 0.29) is 5.41 Å². The Morgan fingerprint density at radius 1 is 1.00 bits per heavy atom. The fourth-order valence-electron chi connectivity index (χ4n) is 2.59. The molecule has 3 rings (SSSR count). The van der Waals surface area contributed by atoms with Crippen molar-refractivity contribution < 1.29 is 4.74 Å². The highest BCUT2D eigenvalue weighted by molar-refractivity contribution is 5.49. The van der Waals surface area contributed by atoms with Crippen molar-refractivity contribution in [2.45, 2.75) is 12.3 Å². The van der Waals surface area contributed by atoms with Gasteiger partial charge in [-0.3, -0.25) is 0 Å². The van der Waals surface area contributed by atoms with Crippen LogP contribution in [0.3, 0.4) is 0 Å². The highest BCUT2D eigenvalue weighted by atomic mass is 16.5. The van der Waals surface area contributed by atoms with Crippen molar-refractivity contribution in [3.8, 4) is 0 Å². The van der Waals surface area contributed by atoms with E-state index in [1.54, 1.807) is 0 Å². The second-order valence-electron chi connectivity index (χ2n) is 5.07. The van der Waals surface area contributed by atoms with E-state index in [1.807, 2.05) is 12.1 Å². The number of benzene rings is 2. The molecule has 18 heavy (non-hydrogen) atoms. The molecule has 1 aliphatic rings. The van der Waals surface area contributed by atoms with Crippen LogP contribution in [0.25, 0.3) is 0 Å². The van der Waals surface area contributed by atoms with Crippen LogP contribution in [0.1, 0.15) is 16.7 Å². The maximum absolute atomic E-state index is 5.90. The van der Waals surface area contributed by atoms with Crippen molar-refractivity contribution in [1.29, 1.82) is 0 Å². The lowest BCUT2D eigenvalue weighted by Crippen LogP contribution is -2.47. The van der Waals surface area contributed by atoms with Gasteiger partial charge in [0, 0.05) is 5.69 Å². The average molecular weight is 239 g/mol. The average Bonchev–Trinajstić information content (AvgIpc) is 2.28. The van der Waals surface area contributed by atoms with E-state index in [0.717, 1.165) is 18.9 Å². The molecule has 0 aromatic heterocycles. The van der Waals surface area contributed by atoms with Crippen molar-refractivity contribution in [3.63, 3.8) is 0 Å². The van der Waals surface area contributed by atoms with Gasteiger partial charge in [-0.25, -0.2) is 0 Å². The van der Waals surface area contributed by atoms with E-state index in [4.69, 9.17) is 10.5 Å². The van der Waals surface area contributed by atoms with Gasteiger partial charge in [-0.15, -0.1) is 0 Å². The molecular formula is C16H17NO. The van der Waals surface area contributed by atoms with E-state index in [1.165, 1.54) is 16.7 Å². The van der Waals surface area contributed by atoms with E-state index in [2.05, 4.69) is 43.3 Å². The van der Waals surface area contributed by atoms with Crippen LogP contribution >= 0.6 is 0 Å². The monoisotopic (exact) mass is 239 g/mol. The van der Waals surface area contributed by atoms with Crippen LogP contribution < -0.4 is 5.73 Å². The Bertz CT molecular complexity index is 525. The molecule has 2 N–H and O–H groups in total. The van der Waals surface area contributed by atoms with Gasteiger partial charge in [0.15, 0.2) is 0 Å². The van der Waals surface area contributed by atoms with Gasteiger partial charge in [0.1, 0.15) is 0 Å². The summed E-state index contributed by atoms with van der Waals surface area (Å²) in [6.07, 6.45) is 0. The molecule has 0 radical (unpaired) electrons. The summed E-state index contributed by atoms with van der Waals surface area (Å²) >= 11 is 0. The van der Waals surface area contributed by atoms with Crippen LogP contribution in [-0.4, -0.2) is 13.2 Å². The van der Waals surface area contributed by atoms with Gasteiger partial charge in [0.2, 0.25) is 0 Å². The first-order valence-corrected chi connectivity index (χ1v) is 6.22. The van der Waals surface area contributed by atoms with Crippen molar-refractivity contribution in [2.24, 2.45) is 0 Å². The number of anilines is 1. The predicted octanol–water partition coefficient (Wildman–Crippen LogP) is 2.89. The van der Waals surface area contributed by atoms with Crippen LogP contribution in [0.2, 0.25) is 0 Å². The first-order chi connectivity index (χ1) is 8.71. The molecule has 2 aromatic carbocycles. The lowest BCUT2D eigenvalue weighted by molar-refractivity contribution is -0.0379. The molecule has 0 atom stereocenters. The molecule has 0 spiro atoms. The number of rotatable bonds is 2. The molecule has 2 nitrogen and oxygen atoms in total. The molecule has 0 bridgehead atoms. The lowest BCUT2D eigenvalue weighted by Gasteiger charge is -2.42. The van der Waals surface area contributed by atoms with Crippen LogP contribution in [0.5, 0.6) is 0 Å². The smallest absolute Gasteiger partial charge is 0.0670 e. The summed E-state index contributed by atoms with van der Waals surface area (Å²) in [4.78, 5) is 0. The minimum absolute atomic E-state index is 0.0125. The van der Waals surface area contributed by atoms with Crippen molar-refractivity contribution in [2.75, 3.05) is 18.9 Å². The van der Waals surface area contributed by atoms with Gasteiger partial charge in [-0.2, -0.15) is 0 Å². The number of nitrogens with two attached hydrogens (primary N) is 1. The Morgan fingerprint density at radius 3 is 2.22 bits per heavy atom. The standard InChI is InChI=1S/C16H17NO/c1-12-4-2-5-13(8-12)16(10-18-11-16)14-6-3-7-15(17)9-14/h2-9H,10-11,17H2,1H3. The van der Waals surface area contributed by atoms with E-state index in [9.17, 15) is 0 Å². The molecule has 0 amide bonds. The van der Waals surface area contributed by atoms with Crippen molar-refractivity contribution >= 4 is 5.69 Å². The number of aryl methyl sites for hydroxylation is 1. The minimum atomic E-state index is -0.0125. The zero-order valence-electron chi connectivity index (χ0n) is 10.5. The zero-order chi connectivity index (χ0) is 12.6. The zero-order valence-corrected chi connectivity index (χ0v) is 10.5. The van der Waals surface area contributed by atoms with Gasteiger partial charge in [-0.1, -0.05) is 42.0 Å². The number of hydrogen-bond acceptors (Lipinski definition) is 2. The fraction of sp³-hybridized carbons (Fsp3) is 0.250.